The highest BCUT2D eigenvalue weighted by Gasteiger charge is 2.11. The molecule has 170 valence electrons. The minimum Gasteiger partial charge on any atom is -0.473 e. The van der Waals surface area contributed by atoms with Crippen LogP contribution in [0.2, 0.25) is 0 Å². The number of likely N-dealkylation sites (tertiary alicyclic amines) is 1. The Balaban J connectivity index is 0.000000427. The Kier molecular flexibility index (Phi) is 8.83. The van der Waals surface area contributed by atoms with E-state index in [4.69, 9.17) is 29.0 Å². The van der Waals surface area contributed by atoms with Crippen LogP contribution in [0.1, 0.15) is 31.2 Å². The summed E-state index contributed by atoms with van der Waals surface area (Å²) in [5.74, 6) is -2.73. The third kappa shape index (κ3) is 6.93. The molecule has 32 heavy (non-hydrogen) atoms. The summed E-state index contributed by atoms with van der Waals surface area (Å²) >= 11 is 0. The molecule has 2 N–H and O–H groups in total. The van der Waals surface area contributed by atoms with Crippen molar-refractivity contribution in [2.45, 2.75) is 32.3 Å². The average Bonchev–Trinajstić information content (AvgIpc) is 3.26. The van der Waals surface area contributed by atoms with Gasteiger partial charge in [0.25, 0.3) is 0 Å². The van der Waals surface area contributed by atoms with E-state index < -0.39 is 11.9 Å². The van der Waals surface area contributed by atoms with E-state index in [-0.39, 0.29) is 0 Å². The maximum atomic E-state index is 9.10. The number of benzene rings is 2. The highest BCUT2D eigenvalue weighted by molar-refractivity contribution is 6.27. The molecule has 0 bridgehead atoms. The van der Waals surface area contributed by atoms with E-state index in [2.05, 4.69) is 41.3 Å². The molecular weight excluding hydrogens is 410 g/mol. The second kappa shape index (κ2) is 12.0. The van der Waals surface area contributed by atoms with Crippen molar-refractivity contribution in [3.05, 3.63) is 60.2 Å². The molecule has 0 amide bonds. The van der Waals surface area contributed by atoms with Gasteiger partial charge >= 0.3 is 11.9 Å². The number of para-hydroxylation sites is 1. The van der Waals surface area contributed by atoms with E-state index in [1.54, 1.807) is 0 Å². The molecule has 2 aromatic carbocycles. The molecule has 1 aromatic heterocycles. The van der Waals surface area contributed by atoms with Crippen molar-refractivity contribution in [2.75, 3.05) is 26.2 Å². The smallest absolute Gasteiger partial charge is 0.414 e. The Morgan fingerprint density at radius 2 is 1.66 bits per heavy atom. The van der Waals surface area contributed by atoms with E-state index in [0.29, 0.717) is 6.61 Å². The zero-order chi connectivity index (χ0) is 22.8. The number of ether oxygens (including phenoxy) is 1. The van der Waals surface area contributed by atoms with Gasteiger partial charge in [0, 0.05) is 29.7 Å². The number of carboxylic acids is 2. The Labute approximate surface area is 187 Å². The normalized spacial score (nSPS) is 14.0. The van der Waals surface area contributed by atoms with Crippen molar-refractivity contribution in [2.24, 2.45) is 0 Å². The van der Waals surface area contributed by atoms with Crippen molar-refractivity contribution < 1.29 is 29.0 Å². The summed E-state index contributed by atoms with van der Waals surface area (Å²) in [6.07, 6.45) is 5.20. The third-order valence-electron chi connectivity index (χ3n) is 5.34. The van der Waals surface area contributed by atoms with E-state index in [1.807, 2.05) is 18.2 Å². The Morgan fingerprint density at radius 3 is 2.34 bits per heavy atom. The highest BCUT2D eigenvalue weighted by atomic mass is 16.5. The van der Waals surface area contributed by atoms with E-state index >= 15 is 0 Å². The van der Waals surface area contributed by atoms with Crippen molar-refractivity contribution in [3.63, 3.8) is 0 Å². The summed E-state index contributed by atoms with van der Waals surface area (Å²) in [6.45, 7) is 5.09. The average molecular weight is 440 g/mol. The van der Waals surface area contributed by atoms with Crippen LogP contribution in [-0.4, -0.2) is 53.3 Å². The van der Waals surface area contributed by atoms with Gasteiger partial charge in [-0.3, -0.25) is 0 Å². The second-order valence-electron chi connectivity index (χ2n) is 7.73. The van der Waals surface area contributed by atoms with E-state index in [1.165, 1.54) is 32.4 Å². The number of furan rings is 1. The quantitative estimate of drug-likeness (QED) is 0.408. The summed E-state index contributed by atoms with van der Waals surface area (Å²) in [5.41, 5.74) is 3.18. The monoisotopic (exact) mass is 439 g/mol. The predicted molar refractivity (Wildman–Crippen MR) is 121 cm³/mol. The SMILES string of the molecule is O=C(O)C(=O)O.c1ccc(-c2cc3cccc(COCCCN4CCCCC4)c3o2)cc1. The summed E-state index contributed by atoms with van der Waals surface area (Å²) in [4.78, 5) is 20.8. The molecule has 1 saturated heterocycles. The maximum absolute atomic E-state index is 9.10. The first-order valence-corrected chi connectivity index (χ1v) is 10.9. The zero-order valence-electron chi connectivity index (χ0n) is 18.0. The lowest BCUT2D eigenvalue weighted by Crippen LogP contribution is -2.31. The Morgan fingerprint density at radius 1 is 0.938 bits per heavy atom. The molecule has 0 atom stereocenters. The summed E-state index contributed by atoms with van der Waals surface area (Å²) in [6, 6.07) is 18.7. The molecule has 1 aliphatic rings. The minimum atomic E-state index is -1.82. The first kappa shape index (κ1) is 23.5. The molecule has 7 heteroatoms. The van der Waals surface area contributed by atoms with Crippen LogP contribution in [-0.2, 0) is 20.9 Å². The number of rotatable bonds is 7. The number of piperidine rings is 1. The highest BCUT2D eigenvalue weighted by Crippen LogP contribution is 2.30. The molecule has 0 spiro atoms. The Hall–Kier alpha value is -3.16. The van der Waals surface area contributed by atoms with Gasteiger partial charge in [-0.05, 0) is 38.4 Å². The molecule has 4 rings (SSSR count). The van der Waals surface area contributed by atoms with Crippen LogP contribution >= 0.6 is 0 Å². The molecular formula is C25H29NO6. The number of carboxylic acid groups (broad SMARTS) is 2. The number of aliphatic carboxylic acids is 2. The number of hydrogen-bond donors (Lipinski definition) is 2. The minimum absolute atomic E-state index is 0.610. The molecule has 2 heterocycles. The predicted octanol–water partition coefficient (Wildman–Crippen LogP) is 4.65. The van der Waals surface area contributed by atoms with Gasteiger partial charge in [0.05, 0.1) is 6.61 Å². The van der Waals surface area contributed by atoms with Gasteiger partial charge in [0.15, 0.2) is 0 Å². The molecule has 0 radical (unpaired) electrons. The molecule has 3 aromatic rings. The van der Waals surface area contributed by atoms with E-state index in [0.717, 1.165) is 47.4 Å². The van der Waals surface area contributed by atoms with Gasteiger partial charge in [-0.25, -0.2) is 9.59 Å². The maximum Gasteiger partial charge on any atom is 0.414 e. The molecule has 1 aliphatic heterocycles. The fraction of sp³-hybridized carbons (Fsp3) is 0.360. The topological polar surface area (TPSA) is 100 Å². The largest absolute Gasteiger partial charge is 0.473 e. The lowest BCUT2D eigenvalue weighted by atomic mass is 10.1. The number of hydrogen-bond acceptors (Lipinski definition) is 5. The van der Waals surface area contributed by atoms with Gasteiger partial charge in [-0.2, -0.15) is 0 Å². The van der Waals surface area contributed by atoms with Crippen molar-refractivity contribution in [3.8, 4) is 11.3 Å². The first-order valence-electron chi connectivity index (χ1n) is 10.9. The molecule has 0 unspecified atom stereocenters. The standard InChI is InChI=1S/C23H27NO2.C2H2O4/c1-3-9-19(10-4-1)22-17-20-11-7-12-21(23(20)26-22)18-25-16-8-15-24-13-5-2-6-14-24;3-1(4)2(5)6/h1,3-4,7,9-12,17H,2,5-6,8,13-16,18H2;(H,3,4)(H,5,6). The van der Waals surface area contributed by atoms with Crippen LogP contribution in [0.3, 0.4) is 0 Å². The van der Waals surface area contributed by atoms with Crippen LogP contribution in [0.4, 0.5) is 0 Å². The number of fused-ring (bicyclic) bond motifs is 1. The fourth-order valence-electron chi connectivity index (χ4n) is 3.74. The third-order valence-corrected chi connectivity index (χ3v) is 5.34. The molecule has 0 aliphatic carbocycles. The summed E-state index contributed by atoms with van der Waals surface area (Å²) < 4.78 is 12.1. The first-order chi connectivity index (χ1) is 15.5. The van der Waals surface area contributed by atoms with Crippen LogP contribution in [0, 0.1) is 0 Å². The van der Waals surface area contributed by atoms with Gasteiger partial charge in [-0.1, -0.05) is 55.0 Å². The van der Waals surface area contributed by atoms with Crippen molar-refractivity contribution in [1.82, 2.24) is 4.90 Å². The van der Waals surface area contributed by atoms with Gasteiger partial charge in [0.1, 0.15) is 11.3 Å². The van der Waals surface area contributed by atoms with Crippen LogP contribution in [0.25, 0.3) is 22.3 Å². The molecule has 0 saturated carbocycles. The van der Waals surface area contributed by atoms with Gasteiger partial charge < -0.3 is 24.3 Å². The van der Waals surface area contributed by atoms with Gasteiger partial charge in [-0.15, -0.1) is 0 Å². The Bertz CT molecular complexity index is 996. The van der Waals surface area contributed by atoms with Crippen molar-refractivity contribution >= 4 is 22.9 Å². The zero-order valence-corrected chi connectivity index (χ0v) is 18.0. The van der Waals surface area contributed by atoms with Gasteiger partial charge in [0.2, 0.25) is 0 Å². The van der Waals surface area contributed by atoms with Crippen LogP contribution in [0.15, 0.2) is 59.0 Å². The lowest BCUT2D eigenvalue weighted by molar-refractivity contribution is -0.159. The van der Waals surface area contributed by atoms with Crippen LogP contribution < -0.4 is 0 Å². The summed E-state index contributed by atoms with van der Waals surface area (Å²) in [7, 11) is 0. The number of nitrogens with zero attached hydrogens (tertiary/aromatic N) is 1. The molecule has 7 nitrogen and oxygen atoms in total. The van der Waals surface area contributed by atoms with Crippen molar-refractivity contribution in [1.29, 1.82) is 0 Å². The molecule has 1 fully saturated rings. The van der Waals surface area contributed by atoms with E-state index in [9.17, 15) is 0 Å². The number of carbonyl (C=O) groups is 2. The lowest BCUT2D eigenvalue weighted by Gasteiger charge is -2.26. The fourth-order valence-corrected chi connectivity index (χ4v) is 3.74. The van der Waals surface area contributed by atoms with Crippen LogP contribution in [0.5, 0.6) is 0 Å². The second-order valence-corrected chi connectivity index (χ2v) is 7.73. The summed E-state index contributed by atoms with van der Waals surface area (Å²) in [5, 5.41) is 15.9.